The van der Waals surface area contributed by atoms with Crippen LogP contribution in [0.25, 0.3) is 49.7 Å². The molecule has 9 rings (SSSR count). The van der Waals surface area contributed by atoms with E-state index < -0.39 is 5.91 Å². The Balaban J connectivity index is 1.41. The fourth-order valence-corrected chi connectivity index (χ4v) is 6.69. The molecule has 188 valence electrons. The predicted octanol–water partition coefficient (Wildman–Crippen LogP) is 7.52. The van der Waals surface area contributed by atoms with E-state index in [4.69, 9.17) is 9.47 Å². The molecule has 2 aliphatic heterocycles. The van der Waals surface area contributed by atoms with E-state index in [1.54, 1.807) is 0 Å². The summed E-state index contributed by atoms with van der Waals surface area (Å²) in [6.45, 7) is 0. The van der Waals surface area contributed by atoms with E-state index in [0.29, 0.717) is 6.42 Å². The lowest BCUT2D eigenvalue weighted by Gasteiger charge is -2.37. The van der Waals surface area contributed by atoms with Gasteiger partial charge in [0.05, 0.1) is 6.42 Å². The van der Waals surface area contributed by atoms with Gasteiger partial charge in [-0.25, -0.2) is 0 Å². The van der Waals surface area contributed by atoms with Crippen LogP contribution in [-0.2, 0) is 12.3 Å². The van der Waals surface area contributed by atoms with E-state index in [1.165, 1.54) is 16.3 Å². The van der Waals surface area contributed by atoms with Gasteiger partial charge in [-0.2, -0.15) is 4.57 Å². The van der Waals surface area contributed by atoms with Crippen molar-refractivity contribution in [2.75, 3.05) is 0 Å². The van der Waals surface area contributed by atoms with Crippen molar-refractivity contribution in [3.05, 3.63) is 133 Å². The van der Waals surface area contributed by atoms with Gasteiger partial charge in [-0.05, 0) is 70.6 Å². The van der Waals surface area contributed by atoms with Crippen LogP contribution in [0.4, 0.5) is 0 Å². The van der Waals surface area contributed by atoms with Crippen LogP contribution < -0.4 is 14.0 Å². The molecule has 0 amide bonds. The van der Waals surface area contributed by atoms with Crippen LogP contribution in [0.1, 0.15) is 12.0 Å². The summed E-state index contributed by atoms with van der Waals surface area (Å²) in [7, 11) is 0. The van der Waals surface area contributed by atoms with Crippen molar-refractivity contribution in [2.24, 2.45) is 0 Å². The number of para-hydroxylation sites is 3. The molecule has 0 aliphatic carbocycles. The van der Waals surface area contributed by atoms with Crippen molar-refractivity contribution in [1.82, 2.24) is 4.57 Å². The third-order valence-corrected chi connectivity index (χ3v) is 8.34. The van der Waals surface area contributed by atoms with E-state index in [2.05, 4.69) is 112 Å². The fraction of sp³-hybridized carbons (Fsp3) is 0.0833. The van der Waals surface area contributed by atoms with Gasteiger partial charge in [-0.3, -0.25) is 0 Å². The van der Waals surface area contributed by atoms with Gasteiger partial charge in [-0.15, -0.1) is 4.57 Å². The Bertz CT molecular complexity index is 2130. The third-order valence-electron chi connectivity index (χ3n) is 8.34. The molecule has 40 heavy (non-hydrogen) atoms. The first-order valence-electron chi connectivity index (χ1n) is 13.7. The summed E-state index contributed by atoms with van der Waals surface area (Å²) in [5.74, 6) is 1.54. The van der Waals surface area contributed by atoms with Crippen molar-refractivity contribution >= 4 is 32.6 Å². The van der Waals surface area contributed by atoms with Crippen LogP contribution in [0.15, 0.2) is 115 Å². The number of imidazole rings is 1. The van der Waals surface area contributed by atoms with E-state index in [-0.39, 0.29) is 0 Å². The Morgan fingerprint density at radius 3 is 2.38 bits per heavy atom. The van der Waals surface area contributed by atoms with E-state index in [1.807, 2.05) is 24.3 Å². The summed E-state index contributed by atoms with van der Waals surface area (Å²) in [5, 5.41) is 4.80. The average Bonchev–Trinajstić information content (AvgIpc) is 3.36. The highest BCUT2D eigenvalue weighted by molar-refractivity contribution is 6.12. The second-order valence-electron chi connectivity index (χ2n) is 10.5. The Morgan fingerprint density at radius 1 is 0.700 bits per heavy atom. The average molecular weight is 516 g/mol. The summed E-state index contributed by atoms with van der Waals surface area (Å²) < 4.78 is 18.8. The zero-order valence-electron chi connectivity index (χ0n) is 21.6. The van der Waals surface area contributed by atoms with Crippen LogP contribution in [0.5, 0.6) is 11.5 Å². The number of hydrogen-bond donors (Lipinski definition) is 0. The standard InChI is InChI=1S/C36H23N2O2/c1-2-13-27(14-3-1)37-29-16-5-6-17-30(29)38-35(37)28-15-4-7-18-31(28)39-36(38)23-22-26-11-8-10-24-20-21-25-12-9-19-32(40-36)34(25)33(24)26/h2,4-21H,22-23H2/q+1. The molecule has 0 radical (unpaired) electrons. The number of benzene rings is 5. The molecular formula is C36H23N2O2+. The number of hydrogen-bond acceptors (Lipinski definition) is 2. The summed E-state index contributed by atoms with van der Waals surface area (Å²) in [6, 6.07) is 46.2. The summed E-state index contributed by atoms with van der Waals surface area (Å²) in [4.78, 5) is 0. The highest BCUT2D eigenvalue weighted by Crippen LogP contribution is 2.46. The van der Waals surface area contributed by atoms with E-state index >= 15 is 0 Å². The minimum Gasteiger partial charge on any atom is -0.417 e. The summed E-state index contributed by atoms with van der Waals surface area (Å²) >= 11 is 0. The van der Waals surface area contributed by atoms with Crippen molar-refractivity contribution in [3.63, 3.8) is 0 Å². The second-order valence-corrected chi connectivity index (χ2v) is 10.5. The summed E-state index contributed by atoms with van der Waals surface area (Å²) in [5.41, 5.74) is 5.45. The lowest BCUT2D eigenvalue weighted by atomic mass is 9.93. The Hall–Kier alpha value is -5.27. The van der Waals surface area contributed by atoms with Gasteiger partial charge in [0.25, 0.3) is 0 Å². The zero-order valence-corrected chi connectivity index (χ0v) is 21.6. The smallest absolute Gasteiger partial charge is 0.414 e. The fourth-order valence-electron chi connectivity index (χ4n) is 6.69. The van der Waals surface area contributed by atoms with Crippen LogP contribution in [0.2, 0.25) is 0 Å². The molecule has 6 aromatic carbocycles. The maximum absolute atomic E-state index is 7.21. The topological polar surface area (TPSA) is 27.3 Å². The minimum absolute atomic E-state index is 0.630. The first-order valence-corrected chi connectivity index (χ1v) is 13.7. The molecular weight excluding hydrogens is 492 g/mol. The number of aromatic nitrogens is 2. The molecule has 4 nitrogen and oxygen atoms in total. The molecule has 0 fully saturated rings. The van der Waals surface area contributed by atoms with Gasteiger partial charge in [0, 0.05) is 11.5 Å². The quantitative estimate of drug-likeness (QED) is 0.167. The molecule has 0 saturated carbocycles. The molecule has 7 aromatic rings. The molecule has 0 N–H and O–H groups in total. The highest BCUT2D eigenvalue weighted by Gasteiger charge is 2.53. The summed E-state index contributed by atoms with van der Waals surface area (Å²) in [6.07, 6.45) is 1.43. The monoisotopic (exact) mass is 515 g/mol. The van der Waals surface area contributed by atoms with Crippen LogP contribution in [0, 0.1) is 12.1 Å². The maximum Gasteiger partial charge on any atom is 0.414 e. The van der Waals surface area contributed by atoms with Crippen LogP contribution in [0.3, 0.4) is 0 Å². The van der Waals surface area contributed by atoms with Gasteiger partial charge in [0.1, 0.15) is 22.7 Å². The number of nitrogens with zero attached hydrogens (tertiary/aromatic N) is 2. The van der Waals surface area contributed by atoms with Crippen molar-refractivity contribution in [2.45, 2.75) is 18.8 Å². The molecule has 1 aromatic heterocycles. The molecule has 1 unspecified atom stereocenters. The van der Waals surface area contributed by atoms with Gasteiger partial charge >= 0.3 is 11.7 Å². The molecule has 1 spiro atoms. The SMILES string of the molecule is c1ccc(-n2c3[n+](c4ccccc42)C2(CCc4cccc5ccc6cccc(c6c45)O2)Oc2ccccc2-3)cc#1. The lowest BCUT2D eigenvalue weighted by Crippen LogP contribution is -2.66. The molecule has 0 saturated heterocycles. The maximum atomic E-state index is 7.21. The first kappa shape index (κ1) is 21.6. The molecule has 3 heterocycles. The lowest BCUT2D eigenvalue weighted by molar-refractivity contribution is -0.814. The molecule has 2 aliphatic rings. The molecule has 1 atom stereocenters. The van der Waals surface area contributed by atoms with Crippen molar-refractivity contribution in [3.8, 4) is 28.6 Å². The van der Waals surface area contributed by atoms with Gasteiger partial charge in [-0.1, -0.05) is 78.9 Å². The number of rotatable bonds is 1. The minimum atomic E-state index is -1.11. The number of aryl methyl sites for hydroxylation is 1. The molecule has 4 heteroatoms. The van der Waals surface area contributed by atoms with Gasteiger partial charge in [0.15, 0.2) is 11.0 Å². The normalized spacial score (nSPS) is 17.1. The van der Waals surface area contributed by atoms with Gasteiger partial charge in [0.2, 0.25) is 0 Å². The largest absolute Gasteiger partial charge is 0.417 e. The third kappa shape index (κ3) is 2.84. The Labute approximate surface area is 231 Å². The number of fused-ring (bicyclic) bond motifs is 6. The van der Waals surface area contributed by atoms with Crippen molar-refractivity contribution in [1.29, 1.82) is 0 Å². The highest BCUT2D eigenvalue weighted by atomic mass is 16.7. The second kappa shape index (κ2) is 7.88. The zero-order chi connectivity index (χ0) is 26.3. The molecule has 0 bridgehead atoms. The Kier molecular flexibility index (Phi) is 4.26. The Morgan fingerprint density at radius 2 is 1.48 bits per heavy atom. The van der Waals surface area contributed by atoms with Crippen molar-refractivity contribution < 1.29 is 14.0 Å². The first-order chi connectivity index (χ1) is 19.8. The van der Waals surface area contributed by atoms with Crippen LogP contribution >= 0.6 is 0 Å². The van der Waals surface area contributed by atoms with E-state index in [0.717, 1.165) is 56.8 Å². The number of ether oxygens (including phenoxy) is 2. The predicted molar refractivity (Wildman–Crippen MR) is 156 cm³/mol. The van der Waals surface area contributed by atoms with Crippen LogP contribution in [-0.4, -0.2) is 4.57 Å². The van der Waals surface area contributed by atoms with Gasteiger partial charge < -0.3 is 9.47 Å². The van der Waals surface area contributed by atoms with E-state index in [9.17, 15) is 0 Å².